The molecule has 0 spiro atoms. The van der Waals surface area contributed by atoms with Crippen LogP contribution in [0.3, 0.4) is 0 Å². The number of anilines is 1. The van der Waals surface area contributed by atoms with Crippen LogP contribution < -0.4 is 10.6 Å². The van der Waals surface area contributed by atoms with E-state index in [1.807, 2.05) is 21.0 Å². The summed E-state index contributed by atoms with van der Waals surface area (Å²) >= 11 is 1.34. The fourth-order valence-corrected chi connectivity index (χ4v) is 2.14. The first-order valence-electron chi connectivity index (χ1n) is 5.47. The number of carbonyl (C=O) groups is 1. The summed E-state index contributed by atoms with van der Waals surface area (Å²) < 4.78 is 3.90. The number of hydrogen-bond acceptors (Lipinski definition) is 6. The van der Waals surface area contributed by atoms with Crippen molar-refractivity contribution in [3.05, 3.63) is 5.69 Å². The highest BCUT2D eigenvalue weighted by Crippen LogP contribution is 2.18. The fourth-order valence-electron chi connectivity index (χ4n) is 1.62. The summed E-state index contributed by atoms with van der Waals surface area (Å²) in [5.41, 5.74) is 0.920. The molecule has 1 heterocycles. The summed E-state index contributed by atoms with van der Waals surface area (Å²) in [5, 5.41) is 10.7. The van der Waals surface area contributed by atoms with Gasteiger partial charge in [0.25, 0.3) is 0 Å². The van der Waals surface area contributed by atoms with Gasteiger partial charge in [0.05, 0.1) is 0 Å². The lowest BCUT2D eigenvalue weighted by Gasteiger charge is -2.19. The highest BCUT2D eigenvalue weighted by Gasteiger charge is 2.15. The van der Waals surface area contributed by atoms with Gasteiger partial charge in [-0.05, 0) is 7.05 Å². The second-order valence-corrected chi connectivity index (χ2v) is 4.76. The molecule has 1 unspecified atom stereocenters. The van der Waals surface area contributed by atoms with Crippen molar-refractivity contribution >= 4 is 22.4 Å². The molecule has 0 fully saturated rings. The van der Waals surface area contributed by atoms with Gasteiger partial charge in [-0.2, -0.15) is 0 Å². The van der Waals surface area contributed by atoms with Gasteiger partial charge in [0.1, 0.15) is 10.7 Å². The summed E-state index contributed by atoms with van der Waals surface area (Å²) in [5.74, 6) is 0.0247. The van der Waals surface area contributed by atoms with Crippen molar-refractivity contribution in [3.8, 4) is 0 Å². The topological polar surface area (TPSA) is 70.2 Å². The van der Waals surface area contributed by atoms with Gasteiger partial charge in [-0.1, -0.05) is 11.4 Å². The number of nitrogens with one attached hydrogen (secondary N) is 2. The third kappa shape index (κ3) is 3.94. The van der Waals surface area contributed by atoms with E-state index in [1.54, 1.807) is 7.05 Å². The van der Waals surface area contributed by atoms with Gasteiger partial charge < -0.3 is 10.6 Å². The van der Waals surface area contributed by atoms with Crippen LogP contribution in [0, 0.1) is 5.92 Å². The maximum atomic E-state index is 11.4. The molecule has 0 saturated heterocycles. The second-order valence-electron chi connectivity index (χ2n) is 4.01. The second kappa shape index (κ2) is 6.51. The molecule has 0 bridgehead atoms. The van der Waals surface area contributed by atoms with Gasteiger partial charge in [0.2, 0.25) is 5.91 Å². The lowest BCUT2D eigenvalue weighted by atomic mass is 10.1. The molecule has 17 heavy (non-hydrogen) atoms. The van der Waals surface area contributed by atoms with E-state index in [0.29, 0.717) is 13.1 Å². The Morgan fingerprint density at radius 1 is 1.53 bits per heavy atom. The monoisotopic (exact) mass is 257 g/mol. The fraction of sp³-hybridized carbons (Fsp3) is 0.700. The van der Waals surface area contributed by atoms with Crippen molar-refractivity contribution in [1.29, 1.82) is 0 Å². The molecule has 1 aromatic rings. The van der Waals surface area contributed by atoms with Gasteiger partial charge >= 0.3 is 0 Å². The Bertz CT molecular complexity index is 367. The van der Waals surface area contributed by atoms with Crippen LogP contribution in [0.15, 0.2) is 0 Å². The molecule has 7 heteroatoms. The van der Waals surface area contributed by atoms with Crippen LogP contribution >= 0.6 is 11.5 Å². The number of rotatable bonds is 6. The van der Waals surface area contributed by atoms with Crippen LogP contribution in [0.1, 0.15) is 12.6 Å². The predicted octanol–water partition coefficient (Wildman–Crippen LogP) is 0.394. The molecule has 1 aromatic heterocycles. The molecular weight excluding hydrogens is 238 g/mol. The molecule has 1 rings (SSSR count). The SMILES string of the molecule is CNC(=O)C(C)CN(C)Cc1nnsc1NC. The molecule has 0 aliphatic heterocycles. The molecule has 1 amide bonds. The average Bonchev–Trinajstić information content (AvgIpc) is 2.74. The zero-order valence-electron chi connectivity index (χ0n) is 10.6. The highest BCUT2D eigenvalue weighted by atomic mass is 32.1. The minimum atomic E-state index is -0.0327. The van der Waals surface area contributed by atoms with E-state index in [2.05, 4.69) is 25.1 Å². The van der Waals surface area contributed by atoms with E-state index in [9.17, 15) is 4.79 Å². The molecule has 96 valence electrons. The zero-order chi connectivity index (χ0) is 12.8. The maximum absolute atomic E-state index is 11.4. The predicted molar refractivity (Wildman–Crippen MR) is 69.0 cm³/mol. The van der Waals surface area contributed by atoms with Crippen LogP contribution in [0.2, 0.25) is 0 Å². The Labute approximate surface area is 106 Å². The smallest absolute Gasteiger partial charge is 0.223 e. The van der Waals surface area contributed by atoms with E-state index < -0.39 is 0 Å². The van der Waals surface area contributed by atoms with Crippen LogP contribution in [0.4, 0.5) is 5.00 Å². The number of carbonyl (C=O) groups excluding carboxylic acids is 1. The van der Waals surface area contributed by atoms with Crippen LogP contribution in [0.25, 0.3) is 0 Å². The third-order valence-corrected chi connectivity index (χ3v) is 3.27. The molecule has 0 aliphatic carbocycles. The van der Waals surface area contributed by atoms with Gasteiger partial charge in [0, 0.05) is 44.6 Å². The van der Waals surface area contributed by atoms with Gasteiger partial charge in [-0.3, -0.25) is 9.69 Å². The van der Waals surface area contributed by atoms with Crippen molar-refractivity contribution in [2.45, 2.75) is 13.5 Å². The van der Waals surface area contributed by atoms with Crippen LogP contribution in [0.5, 0.6) is 0 Å². The molecule has 1 atom stereocenters. The van der Waals surface area contributed by atoms with Gasteiger partial charge in [-0.15, -0.1) is 5.10 Å². The summed E-state index contributed by atoms with van der Waals surface area (Å²) in [6.07, 6.45) is 0. The number of amides is 1. The summed E-state index contributed by atoms with van der Waals surface area (Å²) in [6.45, 7) is 3.29. The molecule has 2 N–H and O–H groups in total. The Balaban J connectivity index is 2.49. The maximum Gasteiger partial charge on any atom is 0.223 e. The van der Waals surface area contributed by atoms with E-state index in [4.69, 9.17) is 0 Å². The van der Waals surface area contributed by atoms with E-state index in [0.717, 1.165) is 10.7 Å². The lowest BCUT2D eigenvalue weighted by Crippen LogP contribution is -2.34. The Hall–Kier alpha value is -1.21. The Kier molecular flexibility index (Phi) is 5.30. The highest BCUT2D eigenvalue weighted by molar-refractivity contribution is 7.10. The molecule has 0 radical (unpaired) electrons. The molecule has 0 saturated carbocycles. The van der Waals surface area contributed by atoms with E-state index in [1.165, 1.54) is 11.5 Å². The van der Waals surface area contributed by atoms with Crippen LogP contribution in [-0.2, 0) is 11.3 Å². The van der Waals surface area contributed by atoms with E-state index >= 15 is 0 Å². The minimum Gasteiger partial charge on any atom is -0.377 e. The van der Waals surface area contributed by atoms with Crippen molar-refractivity contribution < 1.29 is 4.79 Å². The number of aromatic nitrogens is 2. The normalized spacial score (nSPS) is 12.5. The number of nitrogens with zero attached hydrogens (tertiary/aromatic N) is 3. The van der Waals surface area contributed by atoms with Crippen molar-refractivity contribution in [3.63, 3.8) is 0 Å². The summed E-state index contributed by atoms with van der Waals surface area (Å²) in [6, 6.07) is 0. The van der Waals surface area contributed by atoms with Gasteiger partial charge in [0.15, 0.2) is 0 Å². The standard InChI is InChI=1S/C10H19N5OS/c1-7(9(16)11-2)5-15(4)6-8-10(12-3)17-14-13-8/h7,12H,5-6H2,1-4H3,(H,11,16). The first kappa shape index (κ1) is 13.9. The van der Waals surface area contributed by atoms with Crippen LogP contribution in [-0.4, -0.2) is 48.1 Å². The largest absolute Gasteiger partial charge is 0.377 e. The lowest BCUT2D eigenvalue weighted by molar-refractivity contribution is -0.124. The Morgan fingerprint density at radius 3 is 2.82 bits per heavy atom. The van der Waals surface area contributed by atoms with Crippen molar-refractivity contribution in [2.24, 2.45) is 5.92 Å². The molecular formula is C10H19N5OS. The first-order valence-corrected chi connectivity index (χ1v) is 6.25. The average molecular weight is 257 g/mol. The zero-order valence-corrected chi connectivity index (χ0v) is 11.5. The van der Waals surface area contributed by atoms with Gasteiger partial charge in [-0.25, -0.2) is 0 Å². The van der Waals surface area contributed by atoms with Crippen molar-refractivity contribution in [1.82, 2.24) is 19.8 Å². The quantitative estimate of drug-likeness (QED) is 0.771. The minimum absolute atomic E-state index is 0.0327. The van der Waals surface area contributed by atoms with E-state index in [-0.39, 0.29) is 11.8 Å². The Morgan fingerprint density at radius 2 is 2.24 bits per heavy atom. The summed E-state index contributed by atoms with van der Waals surface area (Å²) in [4.78, 5) is 13.5. The summed E-state index contributed by atoms with van der Waals surface area (Å²) in [7, 11) is 5.48. The molecule has 6 nitrogen and oxygen atoms in total. The number of hydrogen-bond donors (Lipinski definition) is 2. The molecule has 0 aromatic carbocycles. The van der Waals surface area contributed by atoms with Crippen molar-refractivity contribution in [2.75, 3.05) is 33.0 Å². The third-order valence-electron chi connectivity index (χ3n) is 2.48. The first-order chi connectivity index (χ1) is 8.08. The molecule has 0 aliphatic rings.